The molecule has 5 rings (SSSR count). The minimum atomic E-state index is -4.36. The summed E-state index contributed by atoms with van der Waals surface area (Å²) < 4.78 is 51.1. The molecule has 38 heavy (non-hydrogen) atoms. The Labute approximate surface area is 217 Å². The van der Waals surface area contributed by atoms with E-state index in [-0.39, 0.29) is 12.5 Å². The van der Waals surface area contributed by atoms with Crippen molar-refractivity contribution in [2.45, 2.75) is 12.8 Å². The molecule has 0 unspecified atom stereocenters. The fraction of sp³-hybridized carbons (Fsp3) is 0.286. The molecule has 7 nitrogen and oxygen atoms in total. The van der Waals surface area contributed by atoms with Crippen molar-refractivity contribution in [1.82, 2.24) is 19.8 Å². The summed E-state index contributed by atoms with van der Waals surface area (Å²) in [4.78, 5) is 19.3. The van der Waals surface area contributed by atoms with Gasteiger partial charge in [0.25, 0.3) is 5.91 Å². The number of morpholine rings is 1. The molecule has 1 aromatic heterocycles. The van der Waals surface area contributed by atoms with E-state index >= 15 is 0 Å². The molecule has 198 valence electrons. The van der Waals surface area contributed by atoms with Crippen LogP contribution < -0.4 is 10.1 Å². The van der Waals surface area contributed by atoms with Crippen molar-refractivity contribution < 1.29 is 27.4 Å². The number of imidazole rings is 1. The third-order valence-corrected chi connectivity index (χ3v) is 6.43. The van der Waals surface area contributed by atoms with Gasteiger partial charge in [0.2, 0.25) is 0 Å². The smallest absolute Gasteiger partial charge is 0.416 e. The lowest BCUT2D eigenvalue weighted by molar-refractivity contribution is -0.137. The van der Waals surface area contributed by atoms with Crippen molar-refractivity contribution in [2.75, 3.05) is 39.4 Å². The number of amides is 1. The molecule has 0 saturated carbocycles. The number of ether oxygens (including phenoxy) is 2. The topological polar surface area (TPSA) is 68.6 Å². The number of hydrogen-bond acceptors (Lipinski definition) is 5. The Morgan fingerprint density at radius 3 is 2.45 bits per heavy atom. The monoisotopic (exact) mass is 524 g/mol. The molecule has 1 N–H and O–H groups in total. The quantitative estimate of drug-likeness (QED) is 0.363. The Balaban J connectivity index is 1.18. The van der Waals surface area contributed by atoms with E-state index in [1.165, 1.54) is 12.1 Å². The molecule has 1 aliphatic rings. The van der Waals surface area contributed by atoms with E-state index < -0.39 is 11.7 Å². The number of rotatable bonds is 8. The second-order valence-electron chi connectivity index (χ2n) is 9.01. The summed E-state index contributed by atoms with van der Waals surface area (Å²) in [5.41, 5.74) is 2.92. The summed E-state index contributed by atoms with van der Waals surface area (Å²) in [5, 5.41) is 2.97. The number of benzene rings is 3. The lowest BCUT2D eigenvalue weighted by atomic mass is 10.1. The molecular formula is C28H27F3N4O3. The Hall–Kier alpha value is -3.89. The third-order valence-electron chi connectivity index (χ3n) is 6.43. The number of carbonyl (C=O) groups is 1. The van der Waals surface area contributed by atoms with Gasteiger partial charge in [0.1, 0.15) is 18.7 Å². The van der Waals surface area contributed by atoms with Gasteiger partial charge in [0.15, 0.2) is 0 Å². The zero-order valence-corrected chi connectivity index (χ0v) is 20.6. The number of fused-ring (bicyclic) bond motifs is 1. The number of alkyl halides is 3. The molecule has 0 bridgehead atoms. The van der Waals surface area contributed by atoms with Crippen molar-refractivity contribution in [3.63, 3.8) is 0 Å². The molecule has 1 saturated heterocycles. The van der Waals surface area contributed by atoms with E-state index in [0.29, 0.717) is 28.9 Å². The highest BCUT2D eigenvalue weighted by atomic mass is 19.4. The Morgan fingerprint density at radius 2 is 1.74 bits per heavy atom. The first kappa shape index (κ1) is 25.7. The number of carbonyl (C=O) groups excluding carboxylic acids is 1. The zero-order valence-electron chi connectivity index (χ0n) is 20.6. The van der Waals surface area contributed by atoms with Gasteiger partial charge in [-0.1, -0.05) is 12.1 Å². The number of nitrogens with zero attached hydrogens (tertiary/aromatic N) is 3. The van der Waals surface area contributed by atoms with E-state index in [4.69, 9.17) is 9.47 Å². The lowest BCUT2D eigenvalue weighted by Gasteiger charge is -2.26. The zero-order chi connectivity index (χ0) is 26.5. The summed E-state index contributed by atoms with van der Waals surface area (Å²) in [6.45, 7) is 4.73. The van der Waals surface area contributed by atoms with Gasteiger partial charge in [-0.3, -0.25) is 14.3 Å². The molecule has 0 radical (unpaired) electrons. The van der Waals surface area contributed by atoms with Crippen LogP contribution in [0.2, 0.25) is 0 Å². The summed E-state index contributed by atoms with van der Waals surface area (Å²) >= 11 is 0. The average Bonchev–Trinajstić information content (AvgIpc) is 3.36. The highest BCUT2D eigenvalue weighted by molar-refractivity contribution is 5.97. The minimum Gasteiger partial charge on any atom is -0.489 e. The van der Waals surface area contributed by atoms with Crippen LogP contribution in [0.25, 0.3) is 16.7 Å². The largest absolute Gasteiger partial charge is 0.489 e. The molecule has 0 aliphatic carbocycles. The van der Waals surface area contributed by atoms with Crippen molar-refractivity contribution in [3.8, 4) is 11.4 Å². The van der Waals surface area contributed by atoms with Gasteiger partial charge < -0.3 is 14.8 Å². The highest BCUT2D eigenvalue weighted by Crippen LogP contribution is 2.29. The van der Waals surface area contributed by atoms with Crippen LogP contribution in [0.3, 0.4) is 0 Å². The molecule has 2 heterocycles. The summed E-state index contributed by atoms with van der Waals surface area (Å²) in [7, 11) is 0. The SMILES string of the molecule is O=C(NCCN1CCOCC1)c1ccc2c(c1)ncn2-c1ccc(OCc2ccc(C(F)(F)F)cc2)cc1. The van der Waals surface area contributed by atoms with Gasteiger partial charge in [-0.05, 0) is 60.2 Å². The van der Waals surface area contributed by atoms with E-state index in [1.54, 1.807) is 30.6 Å². The van der Waals surface area contributed by atoms with Gasteiger partial charge in [0, 0.05) is 37.4 Å². The van der Waals surface area contributed by atoms with Crippen LogP contribution in [-0.4, -0.2) is 59.8 Å². The van der Waals surface area contributed by atoms with Crippen molar-refractivity contribution in [1.29, 1.82) is 0 Å². The molecule has 3 aromatic carbocycles. The standard InChI is InChI=1S/C28H27F3N4O3/c29-28(30,31)22-4-1-20(2-5-22)18-38-24-8-6-23(7-9-24)35-19-33-25-17-21(3-10-26(25)35)27(36)32-11-12-34-13-15-37-16-14-34/h1-10,17,19H,11-16,18H2,(H,32,36). The number of halogens is 3. The minimum absolute atomic E-state index is 0.135. The predicted molar refractivity (Wildman–Crippen MR) is 136 cm³/mol. The van der Waals surface area contributed by atoms with Crippen LogP contribution in [0.15, 0.2) is 73.1 Å². The van der Waals surface area contributed by atoms with Crippen LogP contribution in [0, 0.1) is 0 Å². The van der Waals surface area contributed by atoms with Crippen LogP contribution in [0.5, 0.6) is 5.75 Å². The first-order valence-electron chi connectivity index (χ1n) is 12.3. The van der Waals surface area contributed by atoms with Crippen molar-refractivity contribution >= 4 is 16.9 Å². The first-order valence-corrected chi connectivity index (χ1v) is 12.3. The van der Waals surface area contributed by atoms with Gasteiger partial charge in [-0.25, -0.2) is 4.98 Å². The average molecular weight is 525 g/mol. The fourth-order valence-electron chi connectivity index (χ4n) is 4.27. The van der Waals surface area contributed by atoms with Crippen LogP contribution >= 0.6 is 0 Å². The van der Waals surface area contributed by atoms with Crippen LogP contribution in [0.4, 0.5) is 13.2 Å². The second-order valence-corrected chi connectivity index (χ2v) is 9.01. The molecule has 1 amide bonds. The molecule has 0 spiro atoms. The van der Waals surface area contributed by atoms with E-state index in [9.17, 15) is 18.0 Å². The van der Waals surface area contributed by atoms with Gasteiger partial charge in [-0.2, -0.15) is 13.2 Å². The summed E-state index contributed by atoms with van der Waals surface area (Å²) in [5.74, 6) is 0.457. The van der Waals surface area contributed by atoms with Crippen molar-refractivity contribution in [3.05, 3.63) is 89.7 Å². The van der Waals surface area contributed by atoms with E-state index in [2.05, 4.69) is 15.2 Å². The number of nitrogens with one attached hydrogen (secondary N) is 1. The van der Waals surface area contributed by atoms with Gasteiger partial charge in [-0.15, -0.1) is 0 Å². The van der Waals surface area contributed by atoms with Gasteiger partial charge >= 0.3 is 6.18 Å². The lowest BCUT2D eigenvalue weighted by Crippen LogP contribution is -2.41. The van der Waals surface area contributed by atoms with Crippen molar-refractivity contribution in [2.24, 2.45) is 0 Å². The molecular weight excluding hydrogens is 497 g/mol. The number of hydrogen-bond donors (Lipinski definition) is 1. The maximum absolute atomic E-state index is 12.7. The maximum Gasteiger partial charge on any atom is 0.416 e. The molecule has 10 heteroatoms. The normalized spacial score (nSPS) is 14.5. The molecule has 1 fully saturated rings. The summed E-state index contributed by atoms with van der Waals surface area (Å²) in [6.07, 6.45) is -2.66. The van der Waals surface area contributed by atoms with Gasteiger partial charge in [0.05, 0.1) is 29.8 Å². The molecule has 4 aromatic rings. The molecule has 0 atom stereocenters. The Kier molecular flexibility index (Phi) is 7.62. The molecule has 1 aliphatic heterocycles. The van der Waals surface area contributed by atoms with E-state index in [1.807, 2.05) is 22.8 Å². The van der Waals surface area contributed by atoms with E-state index in [0.717, 1.165) is 56.2 Å². The Bertz CT molecular complexity index is 1380. The van der Waals surface area contributed by atoms with Crippen LogP contribution in [-0.2, 0) is 17.5 Å². The second kappa shape index (κ2) is 11.2. The van der Waals surface area contributed by atoms with Crippen LogP contribution in [0.1, 0.15) is 21.5 Å². The fourth-order valence-corrected chi connectivity index (χ4v) is 4.27. The maximum atomic E-state index is 12.7. The predicted octanol–water partition coefficient (Wildman–Crippen LogP) is 4.69. The first-order chi connectivity index (χ1) is 18.4. The summed E-state index contributed by atoms with van der Waals surface area (Å²) in [6, 6.07) is 17.7. The third kappa shape index (κ3) is 6.15. The Morgan fingerprint density at radius 1 is 1.00 bits per heavy atom. The number of aromatic nitrogens is 2. The highest BCUT2D eigenvalue weighted by Gasteiger charge is 2.29.